The van der Waals surface area contributed by atoms with Crippen molar-refractivity contribution in [3.63, 3.8) is 0 Å². The van der Waals surface area contributed by atoms with Crippen molar-refractivity contribution < 1.29 is 5.11 Å². The molecule has 0 amide bonds. The molecule has 0 bridgehead atoms. The van der Waals surface area contributed by atoms with Crippen molar-refractivity contribution in [1.82, 2.24) is 24.8 Å². The Hall–Kier alpha value is -3.52. The number of hydrogen-bond acceptors (Lipinski definition) is 6. The summed E-state index contributed by atoms with van der Waals surface area (Å²) in [6.45, 7) is 9.45. The van der Waals surface area contributed by atoms with Crippen LogP contribution in [0, 0.1) is 0 Å². The second kappa shape index (κ2) is 8.24. The maximum Gasteiger partial charge on any atom is 0.162 e. The number of hydrogen-bond donors (Lipinski definition) is 2. The van der Waals surface area contributed by atoms with Crippen molar-refractivity contribution in [2.45, 2.75) is 6.92 Å². The first kappa shape index (κ1) is 18.8. The topological polar surface area (TPSA) is 90.4 Å². The number of piperazine rings is 1. The van der Waals surface area contributed by atoms with E-state index < -0.39 is 0 Å². The van der Waals surface area contributed by atoms with Crippen LogP contribution in [0.5, 0.6) is 5.75 Å². The Labute approximate surface area is 168 Å². The maximum atomic E-state index is 10.6. The monoisotopic (exact) mass is 389 g/mol. The standard InChI is InChI=1S/C21H23N7O/c1-3-19(26-25-15(2)27-11-8-22-9-12-27)17-6-5-16(13-20(17)29)18-14-24-28-10-4-7-23-21(18)28/h3-7,10,13-14,22,29H,1,8-9,11-12H2,2H3/b25-15+,26-19+. The molecule has 3 aromatic rings. The molecule has 0 radical (unpaired) electrons. The number of benzene rings is 1. The number of aromatic nitrogens is 3. The molecule has 1 fully saturated rings. The van der Waals surface area contributed by atoms with E-state index in [1.165, 1.54) is 0 Å². The number of allylic oxidation sites excluding steroid dienone is 1. The quantitative estimate of drug-likeness (QED) is 0.406. The van der Waals surface area contributed by atoms with E-state index in [4.69, 9.17) is 0 Å². The van der Waals surface area contributed by atoms with Gasteiger partial charge in [-0.3, -0.25) is 0 Å². The zero-order valence-electron chi connectivity index (χ0n) is 16.3. The zero-order valence-corrected chi connectivity index (χ0v) is 16.3. The predicted octanol–water partition coefficient (Wildman–Crippen LogP) is 2.32. The maximum absolute atomic E-state index is 10.6. The van der Waals surface area contributed by atoms with Gasteiger partial charge in [-0.15, -0.1) is 10.2 Å². The van der Waals surface area contributed by atoms with Crippen molar-refractivity contribution in [2.75, 3.05) is 26.2 Å². The summed E-state index contributed by atoms with van der Waals surface area (Å²) in [6.07, 6.45) is 6.89. The van der Waals surface area contributed by atoms with Crippen LogP contribution in [-0.2, 0) is 0 Å². The molecule has 0 unspecified atom stereocenters. The number of phenols is 1. The van der Waals surface area contributed by atoms with E-state index in [9.17, 15) is 5.11 Å². The number of nitrogens with one attached hydrogen (secondary N) is 1. The minimum absolute atomic E-state index is 0.103. The molecule has 0 atom stereocenters. The Kier molecular flexibility index (Phi) is 5.35. The smallest absolute Gasteiger partial charge is 0.162 e. The van der Waals surface area contributed by atoms with Crippen LogP contribution < -0.4 is 5.32 Å². The van der Waals surface area contributed by atoms with Gasteiger partial charge in [-0.05, 0) is 36.8 Å². The molecule has 0 aliphatic carbocycles. The molecular formula is C21H23N7O. The first-order valence-corrected chi connectivity index (χ1v) is 9.50. The Morgan fingerprint density at radius 3 is 2.86 bits per heavy atom. The van der Waals surface area contributed by atoms with Crippen molar-refractivity contribution >= 4 is 17.2 Å². The molecule has 3 heterocycles. The van der Waals surface area contributed by atoms with Crippen LogP contribution >= 0.6 is 0 Å². The normalized spacial score (nSPS) is 15.7. The Morgan fingerprint density at radius 1 is 1.28 bits per heavy atom. The highest BCUT2D eigenvalue weighted by molar-refractivity contribution is 6.10. The minimum Gasteiger partial charge on any atom is -0.507 e. The minimum atomic E-state index is 0.103. The van der Waals surface area contributed by atoms with Gasteiger partial charge in [0.1, 0.15) is 11.6 Å². The first-order valence-electron chi connectivity index (χ1n) is 9.50. The van der Waals surface area contributed by atoms with E-state index in [1.54, 1.807) is 29.1 Å². The Balaban J connectivity index is 1.63. The molecule has 8 heteroatoms. The first-order chi connectivity index (χ1) is 14.2. The van der Waals surface area contributed by atoms with E-state index in [2.05, 4.69) is 37.1 Å². The highest BCUT2D eigenvalue weighted by Gasteiger charge is 2.13. The van der Waals surface area contributed by atoms with Crippen molar-refractivity contribution in [3.8, 4) is 16.9 Å². The molecule has 0 spiro atoms. The third-order valence-electron chi connectivity index (χ3n) is 4.93. The highest BCUT2D eigenvalue weighted by atomic mass is 16.3. The lowest BCUT2D eigenvalue weighted by molar-refractivity contribution is 0.355. The summed E-state index contributed by atoms with van der Waals surface area (Å²) >= 11 is 0. The van der Waals surface area contributed by atoms with Gasteiger partial charge in [0.2, 0.25) is 0 Å². The molecule has 1 aliphatic rings. The average molecular weight is 389 g/mol. The molecule has 148 valence electrons. The molecule has 0 saturated carbocycles. The molecule has 4 rings (SSSR count). The fourth-order valence-electron chi connectivity index (χ4n) is 3.33. The largest absolute Gasteiger partial charge is 0.507 e. The van der Waals surface area contributed by atoms with Crippen molar-refractivity contribution in [2.24, 2.45) is 10.2 Å². The molecule has 29 heavy (non-hydrogen) atoms. The van der Waals surface area contributed by atoms with Crippen LogP contribution in [0.2, 0.25) is 0 Å². The molecule has 1 aromatic carbocycles. The van der Waals surface area contributed by atoms with Crippen molar-refractivity contribution in [1.29, 1.82) is 0 Å². The van der Waals surface area contributed by atoms with E-state index in [1.807, 2.05) is 31.3 Å². The summed E-state index contributed by atoms with van der Waals surface area (Å²) in [5, 5.41) is 26.9. The van der Waals surface area contributed by atoms with Gasteiger partial charge >= 0.3 is 0 Å². The average Bonchev–Trinajstić information content (AvgIpc) is 3.19. The second-order valence-corrected chi connectivity index (χ2v) is 6.75. The summed E-state index contributed by atoms with van der Waals surface area (Å²) in [5.41, 5.74) is 3.49. The van der Waals surface area contributed by atoms with Crippen LogP contribution in [0.4, 0.5) is 0 Å². The van der Waals surface area contributed by atoms with E-state index >= 15 is 0 Å². The number of rotatable bonds is 4. The van der Waals surface area contributed by atoms with Crippen LogP contribution in [0.15, 0.2) is 65.7 Å². The van der Waals surface area contributed by atoms with E-state index in [0.29, 0.717) is 11.3 Å². The number of amidine groups is 1. The number of nitrogens with zero attached hydrogens (tertiary/aromatic N) is 6. The van der Waals surface area contributed by atoms with Gasteiger partial charge in [0.05, 0.1) is 11.9 Å². The zero-order chi connectivity index (χ0) is 20.2. The summed E-state index contributed by atoms with van der Waals surface area (Å²) < 4.78 is 1.70. The lowest BCUT2D eigenvalue weighted by atomic mass is 10.0. The van der Waals surface area contributed by atoms with E-state index in [0.717, 1.165) is 48.8 Å². The van der Waals surface area contributed by atoms with Gasteiger partial charge in [0, 0.05) is 49.7 Å². The van der Waals surface area contributed by atoms with Crippen molar-refractivity contribution in [3.05, 3.63) is 61.1 Å². The fraction of sp³-hybridized carbons (Fsp3) is 0.238. The van der Waals surface area contributed by atoms with Crippen LogP contribution in [0.1, 0.15) is 12.5 Å². The van der Waals surface area contributed by atoms with Gasteiger partial charge < -0.3 is 15.3 Å². The van der Waals surface area contributed by atoms with Gasteiger partial charge in [-0.25, -0.2) is 9.50 Å². The highest BCUT2D eigenvalue weighted by Crippen LogP contribution is 2.29. The lowest BCUT2D eigenvalue weighted by Gasteiger charge is -2.28. The SMILES string of the molecule is C=C/C(=N\N=C(/C)N1CCNCC1)c1ccc(-c2cnn3cccnc23)cc1O. The van der Waals surface area contributed by atoms with Gasteiger partial charge in [0.25, 0.3) is 0 Å². The van der Waals surface area contributed by atoms with Crippen LogP contribution in [0.25, 0.3) is 16.8 Å². The lowest BCUT2D eigenvalue weighted by Crippen LogP contribution is -2.45. The summed E-state index contributed by atoms with van der Waals surface area (Å²) in [6, 6.07) is 7.23. The fourth-order valence-corrected chi connectivity index (χ4v) is 3.33. The van der Waals surface area contributed by atoms with Crippen LogP contribution in [0.3, 0.4) is 0 Å². The van der Waals surface area contributed by atoms with Gasteiger partial charge in [0.15, 0.2) is 5.65 Å². The van der Waals surface area contributed by atoms with Gasteiger partial charge in [-0.1, -0.05) is 12.6 Å². The summed E-state index contributed by atoms with van der Waals surface area (Å²) in [5.74, 6) is 0.950. The van der Waals surface area contributed by atoms with E-state index in [-0.39, 0.29) is 5.75 Å². The third kappa shape index (κ3) is 3.88. The number of phenolic OH excluding ortho intramolecular Hbond substituents is 1. The Morgan fingerprint density at radius 2 is 2.10 bits per heavy atom. The molecule has 2 N–H and O–H groups in total. The summed E-state index contributed by atoms with van der Waals surface area (Å²) in [7, 11) is 0. The molecule has 8 nitrogen and oxygen atoms in total. The Bertz CT molecular complexity index is 1090. The number of aromatic hydroxyl groups is 1. The number of fused-ring (bicyclic) bond motifs is 1. The third-order valence-corrected chi connectivity index (χ3v) is 4.93. The predicted molar refractivity (Wildman–Crippen MR) is 114 cm³/mol. The summed E-state index contributed by atoms with van der Waals surface area (Å²) in [4.78, 5) is 6.55. The molecule has 1 aliphatic heterocycles. The van der Waals surface area contributed by atoms with Crippen LogP contribution in [-0.4, -0.2) is 62.3 Å². The molecule has 1 saturated heterocycles. The molecular weight excluding hydrogens is 366 g/mol. The molecule has 2 aromatic heterocycles. The van der Waals surface area contributed by atoms with Gasteiger partial charge in [-0.2, -0.15) is 5.10 Å². The second-order valence-electron chi connectivity index (χ2n) is 6.75.